The number of hydrogen-bond acceptors (Lipinski definition) is 1. The molecule has 0 bridgehead atoms. The number of rotatable bonds is 2. The van der Waals surface area contributed by atoms with Crippen molar-refractivity contribution in [3.05, 3.63) is 35.4 Å². The second-order valence-corrected chi connectivity index (χ2v) is 5.61. The van der Waals surface area contributed by atoms with Crippen LogP contribution in [0.4, 0.5) is 0 Å². The Morgan fingerprint density at radius 1 is 1.29 bits per heavy atom. The van der Waals surface area contributed by atoms with Gasteiger partial charge < -0.3 is 5.11 Å². The quantitative estimate of drug-likeness (QED) is 0.759. The third-order valence-corrected chi connectivity index (χ3v) is 4.30. The van der Waals surface area contributed by atoms with Crippen LogP contribution in [0.1, 0.15) is 56.6 Å². The van der Waals surface area contributed by atoms with Gasteiger partial charge in [-0.05, 0) is 44.1 Å². The SMILES string of the molecule is CCC1CCCC(O)(c2cccc(C)c2)CC1. The zero-order valence-corrected chi connectivity index (χ0v) is 11.1. The van der Waals surface area contributed by atoms with Crippen molar-refractivity contribution in [3.63, 3.8) is 0 Å². The molecule has 2 unspecified atom stereocenters. The Morgan fingerprint density at radius 2 is 2.12 bits per heavy atom. The summed E-state index contributed by atoms with van der Waals surface area (Å²) in [6, 6.07) is 8.38. The second kappa shape index (κ2) is 5.22. The summed E-state index contributed by atoms with van der Waals surface area (Å²) < 4.78 is 0. The molecule has 1 aliphatic carbocycles. The average molecular weight is 232 g/mol. The van der Waals surface area contributed by atoms with Gasteiger partial charge in [0.15, 0.2) is 0 Å². The highest BCUT2D eigenvalue weighted by atomic mass is 16.3. The molecule has 17 heavy (non-hydrogen) atoms. The van der Waals surface area contributed by atoms with Gasteiger partial charge in [0.25, 0.3) is 0 Å². The lowest BCUT2D eigenvalue weighted by Gasteiger charge is -2.27. The zero-order chi connectivity index (χ0) is 12.3. The first-order valence-corrected chi connectivity index (χ1v) is 6.93. The zero-order valence-electron chi connectivity index (χ0n) is 11.1. The summed E-state index contributed by atoms with van der Waals surface area (Å²) in [7, 11) is 0. The number of aryl methyl sites for hydroxylation is 1. The van der Waals surface area contributed by atoms with Gasteiger partial charge in [-0.2, -0.15) is 0 Å². The molecule has 1 fully saturated rings. The molecule has 0 saturated heterocycles. The molecule has 1 aromatic rings. The fourth-order valence-corrected chi connectivity index (χ4v) is 3.03. The second-order valence-electron chi connectivity index (χ2n) is 5.61. The van der Waals surface area contributed by atoms with Gasteiger partial charge in [-0.1, -0.05) is 49.6 Å². The van der Waals surface area contributed by atoms with Crippen LogP contribution < -0.4 is 0 Å². The van der Waals surface area contributed by atoms with Crippen LogP contribution in [0, 0.1) is 12.8 Å². The highest BCUT2D eigenvalue weighted by Gasteiger charge is 2.32. The maximum Gasteiger partial charge on any atom is 0.0896 e. The van der Waals surface area contributed by atoms with Crippen molar-refractivity contribution >= 4 is 0 Å². The Kier molecular flexibility index (Phi) is 3.88. The highest BCUT2D eigenvalue weighted by Crippen LogP contribution is 2.38. The van der Waals surface area contributed by atoms with Crippen LogP contribution in [0.15, 0.2) is 24.3 Å². The van der Waals surface area contributed by atoms with E-state index < -0.39 is 5.60 Å². The predicted molar refractivity (Wildman–Crippen MR) is 71.9 cm³/mol. The molecule has 1 heteroatoms. The van der Waals surface area contributed by atoms with Gasteiger partial charge >= 0.3 is 0 Å². The first-order valence-electron chi connectivity index (χ1n) is 6.93. The van der Waals surface area contributed by atoms with Crippen molar-refractivity contribution in [2.75, 3.05) is 0 Å². The van der Waals surface area contributed by atoms with E-state index in [0.717, 1.165) is 30.7 Å². The molecule has 0 aromatic heterocycles. The Balaban J connectivity index is 2.18. The van der Waals surface area contributed by atoms with E-state index in [1.165, 1.54) is 24.8 Å². The van der Waals surface area contributed by atoms with Gasteiger partial charge in [0.2, 0.25) is 0 Å². The normalized spacial score (nSPS) is 29.9. The molecule has 2 atom stereocenters. The monoisotopic (exact) mass is 232 g/mol. The minimum atomic E-state index is -0.573. The van der Waals surface area contributed by atoms with E-state index in [0.29, 0.717) is 0 Å². The average Bonchev–Trinajstić information content (AvgIpc) is 2.52. The largest absolute Gasteiger partial charge is 0.385 e. The maximum absolute atomic E-state index is 10.9. The van der Waals surface area contributed by atoms with Crippen LogP contribution in [0.3, 0.4) is 0 Å². The van der Waals surface area contributed by atoms with Crippen LogP contribution in [0.25, 0.3) is 0 Å². The summed E-state index contributed by atoms with van der Waals surface area (Å²) in [5.41, 5.74) is 1.79. The lowest BCUT2D eigenvalue weighted by atomic mass is 9.85. The summed E-state index contributed by atoms with van der Waals surface area (Å²) in [6.07, 6.45) is 6.71. The third-order valence-electron chi connectivity index (χ3n) is 4.30. The molecule has 1 saturated carbocycles. The Morgan fingerprint density at radius 3 is 2.82 bits per heavy atom. The molecule has 0 heterocycles. The smallest absolute Gasteiger partial charge is 0.0896 e. The summed E-state index contributed by atoms with van der Waals surface area (Å²) in [4.78, 5) is 0. The fraction of sp³-hybridized carbons (Fsp3) is 0.625. The van der Waals surface area contributed by atoms with E-state index in [-0.39, 0.29) is 0 Å². The summed E-state index contributed by atoms with van der Waals surface area (Å²) >= 11 is 0. The molecule has 0 amide bonds. The van der Waals surface area contributed by atoms with Crippen molar-refractivity contribution in [1.29, 1.82) is 0 Å². The summed E-state index contributed by atoms with van der Waals surface area (Å²) in [6.45, 7) is 4.36. The van der Waals surface area contributed by atoms with Gasteiger partial charge in [0.1, 0.15) is 0 Å². The van der Waals surface area contributed by atoms with Crippen molar-refractivity contribution in [1.82, 2.24) is 0 Å². The van der Waals surface area contributed by atoms with Crippen molar-refractivity contribution in [2.45, 2.75) is 58.0 Å². The van der Waals surface area contributed by atoms with Crippen LogP contribution in [0.2, 0.25) is 0 Å². The molecule has 0 spiro atoms. The molecular formula is C16H24O. The molecule has 94 valence electrons. The number of aliphatic hydroxyl groups is 1. The third kappa shape index (κ3) is 2.90. The summed E-state index contributed by atoms with van der Waals surface area (Å²) in [5.74, 6) is 0.814. The van der Waals surface area contributed by atoms with Crippen LogP contribution in [0.5, 0.6) is 0 Å². The fourth-order valence-electron chi connectivity index (χ4n) is 3.03. The van der Waals surface area contributed by atoms with Crippen molar-refractivity contribution < 1.29 is 5.11 Å². The van der Waals surface area contributed by atoms with Crippen molar-refractivity contribution in [3.8, 4) is 0 Å². The maximum atomic E-state index is 10.9. The molecule has 1 aliphatic rings. The van der Waals surface area contributed by atoms with Gasteiger partial charge in [-0.15, -0.1) is 0 Å². The molecule has 1 aromatic carbocycles. The van der Waals surface area contributed by atoms with Crippen molar-refractivity contribution in [2.24, 2.45) is 5.92 Å². The first-order chi connectivity index (χ1) is 8.14. The minimum Gasteiger partial charge on any atom is -0.385 e. The highest BCUT2D eigenvalue weighted by molar-refractivity contribution is 5.27. The molecular weight excluding hydrogens is 208 g/mol. The Bertz CT molecular complexity index is 372. The predicted octanol–water partition coefficient (Wildman–Crippen LogP) is 4.17. The van der Waals surface area contributed by atoms with Gasteiger partial charge in [-0.25, -0.2) is 0 Å². The number of hydrogen-bond donors (Lipinski definition) is 1. The Hall–Kier alpha value is -0.820. The van der Waals surface area contributed by atoms with E-state index in [4.69, 9.17) is 0 Å². The van der Waals surface area contributed by atoms with E-state index in [9.17, 15) is 5.11 Å². The molecule has 1 N–H and O–H groups in total. The molecule has 1 nitrogen and oxygen atoms in total. The first kappa shape index (κ1) is 12.6. The lowest BCUT2D eigenvalue weighted by Crippen LogP contribution is -2.24. The molecule has 2 rings (SSSR count). The molecule has 0 aliphatic heterocycles. The van der Waals surface area contributed by atoms with E-state index in [1.807, 2.05) is 0 Å². The lowest BCUT2D eigenvalue weighted by molar-refractivity contribution is 0.0195. The van der Waals surface area contributed by atoms with E-state index >= 15 is 0 Å². The minimum absolute atomic E-state index is 0.573. The summed E-state index contributed by atoms with van der Waals surface area (Å²) in [5, 5.41) is 10.9. The van der Waals surface area contributed by atoms with Crippen LogP contribution in [-0.4, -0.2) is 5.11 Å². The van der Waals surface area contributed by atoms with Crippen LogP contribution >= 0.6 is 0 Å². The van der Waals surface area contributed by atoms with Gasteiger partial charge in [-0.3, -0.25) is 0 Å². The topological polar surface area (TPSA) is 20.2 Å². The number of benzene rings is 1. The molecule has 0 radical (unpaired) electrons. The van der Waals surface area contributed by atoms with E-state index in [2.05, 4.69) is 38.1 Å². The van der Waals surface area contributed by atoms with E-state index in [1.54, 1.807) is 0 Å². The van der Waals surface area contributed by atoms with Gasteiger partial charge in [0, 0.05) is 0 Å². The Labute approximate surface area is 105 Å². The standard InChI is InChI=1S/C16H24O/c1-3-14-7-5-10-16(17,11-9-14)15-8-4-6-13(2)12-15/h4,6,8,12,14,17H,3,5,7,9-11H2,1-2H3. The van der Waals surface area contributed by atoms with Crippen LogP contribution in [-0.2, 0) is 5.60 Å². The van der Waals surface area contributed by atoms with Gasteiger partial charge in [0.05, 0.1) is 5.60 Å².